The molecule has 1 aromatic heterocycles. The van der Waals surface area contributed by atoms with Crippen LogP contribution in [0.4, 0.5) is 0 Å². The van der Waals surface area contributed by atoms with Crippen LogP contribution in [0.3, 0.4) is 0 Å². The fraction of sp³-hybridized carbons (Fsp3) is 0.100. The van der Waals surface area contributed by atoms with Crippen LogP contribution in [0, 0.1) is 0 Å². The lowest BCUT2D eigenvalue weighted by Crippen LogP contribution is -2.10. The Labute approximate surface area is 149 Å². The van der Waals surface area contributed by atoms with E-state index in [9.17, 15) is 5.21 Å². The summed E-state index contributed by atoms with van der Waals surface area (Å²) in [5, 5.41) is 13.1. The van der Waals surface area contributed by atoms with Crippen molar-refractivity contribution < 1.29 is 5.21 Å². The van der Waals surface area contributed by atoms with Gasteiger partial charge in [0, 0.05) is 34.8 Å². The summed E-state index contributed by atoms with van der Waals surface area (Å²) in [6.07, 6.45) is 4.01. The smallest absolute Gasteiger partial charge is 0.0878 e. The fourth-order valence-electron chi connectivity index (χ4n) is 2.79. The Balaban J connectivity index is 1.99. The highest BCUT2D eigenvalue weighted by Gasteiger charge is 2.18. The molecule has 1 atom stereocenters. The van der Waals surface area contributed by atoms with Crippen molar-refractivity contribution in [3.63, 3.8) is 0 Å². The zero-order valence-corrected chi connectivity index (χ0v) is 14.6. The van der Waals surface area contributed by atoms with Crippen molar-refractivity contribution in [3.8, 4) is 0 Å². The number of nitrogens with zero attached hydrogens (tertiary/aromatic N) is 2. The van der Waals surface area contributed by atoms with Gasteiger partial charge in [0.2, 0.25) is 0 Å². The summed E-state index contributed by atoms with van der Waals surface area (Å²) >= 11 is 3.54. The summed E-state index contributed by atoms with van der Waals surface area (Å²) in [7, 11) is 0. The molecule has 1 heterocycles. The van der Waals surface area contributed by atoms with Crippen LogP contribution in [-0.4, -0.2) is 15.9 Å². The average Bonchev–Trinajstić information content (AvgIpc) is 2.64. The van der Waals surface area contributed by atoms with Crippen LogP contribution in [0.5, 0.6) is 0 Å². The van der Waals surface area contributed by atoms with E-state index in [0.29, 0.717) is 12.1 Å². The Morgan fingerprint density at radius 3 is 2.33 bits per heavy atom. The molecule has 0 bridgehead atoms. The molecular formula is C20H17BrN2O. The zero-order valence-electron chi connectivity index (χ0n) is 13.0. The maximum absolute atomic E-state index is 9.54. The number of aromatic nitrogens is 1. The number of benzene rings is 2. The Kier molecular flexibility index (Phi) is 5.39. The third-order valence-electron chi connectivity index (χ3n) is 3.98. The number of hydrogen-bond donors (Lipinski definition) is 1. The molecule has 0 aliphatic heterocycles. The third kappa shape index (κ3) is 3.89. The molecule has 1 N–H and O–H groups in total. The van der Waals surface area contributed by atoms with Crippen molar-refractivity contribution in [2.45, 2.75) is 12.3 Å². The van der Waals surface area contributed by atoms with Crippen molar-refractivity contribution in [2.24, 2.45) is 5.16 Å². The SMILES string of the molecule is O/N=C(\CC(c1ccccc1)c1cccc(Br)c1)c1ccncc1. The Hall–Kier alpha value is -2.46. The van der Waals surface area contributed by atoms with E-state index >= 15 is 0 Å². The van der Waals surface area contributed by atoms with Crippen molar-refractivity contribution in [2.75, 3.05) is 0 Å². The highest BCUT2D eigenvalue weighted by atomic mass is 79.9. The van der Waals surface area contributed by atoms with Gasteiger partial charge in [-0.05, 0) is 35.4 Å². The first kappa shape index (κ1) is 16.4. The fourth-order valence-corrected chi connectivity index (χ4v) is 3.21. The molecule has 0 saturated heterocycles. The molecule has 4 heteroatoms. The molecule has 3 nitrogen and oxygen atoms in total. The van der Waals surface area contributed by atoms with Crippen LogP contribution >= 0.6 is 15.9 Å². The minimum atomic E-state index is 0.0998. The first-order valence-electron chi connectivity index (χ1n) is 7.69. The third-order valence-corrected chi connectivity index (χ3v) is 4.48. The number of halogens is 1. The van der Waals surface area contributed by atoms with Gasteiger partial charge < -0.3 is 5.21 Å². The number of rotatable bonds is 5. The molecule has 0 fully saturated rings. The van der Waals surface area contributed by atoms with Gasteiger partial charge in [0.15, 0.2) is 0 Å². The van der Waals surface area contributed by atoms with Gasteiger partial charge in [0.05, 0.1) is 5.71 Å². The number of hydrogen-bond acceptors (Lipinski definition) is 3. The van der Waals surface area contributed by atoms with Crippen LogP contribution < -0.4 is 0 Å². The Bertz CT molecular complexity index is 819. The molecule has 0 saturated carbocycles. The van der Waals surface area contributed by atoms with E-state index in [1.807, 2.05) is 42.5 Å². The molecule has 24 heavy (non-hydrogen) atoms. The van der Waals surface area contributed by atoms with Gasteiger partial charge in [0.1, 0.15) is 0 Å². The van der Waals surface area contributed by atoms with Crippen molar-refractivity contribution >= 4 is 21.6 Å². The van der Waals surface area contributed by atoms with Gasteiger partial charge in [-0.3, -0.25) is 4.98 Å². The molecule has 1 unspecified atom stereocenters. The van der Waals surface area contributed by atoms with Crippen molar-refractivity contribution in [3.05, 3.63) is 100 Å². The molecule has 120 valence electrons. The molecule has 3 aromatic rings. The lowest BCUT2D eigenvalue weighted by Gasteiger charge is -2.19. The maximum atomic E-state index is 9.54. The van der Waals surface area contributed by atoms with Crippen LogP contribution in [-0.2, 0) is 0 Å². The van der Waals surface area contributed by atoms with Gasteiger partial charge in [-0.15, -0.1) is 0 Å². The Morgan fingerprint density at radius 2 is 1.67 bits per heavy atom. The molecular weight excluding hydrogens is 364 g/mol. The molecule has 2 aromatic carbocycles. The van der Waals surface area contributed by atoms with E-state index in [2.05, 4.69) is 50.3 Å². The predicted octanol–water partition coefficient (Wildman–Crippen LogP) is 5.24. The minimum absolute atomic E-state index is 0.0998. The molecule has 0 spiro atoms. The van der Waals surface area contributed by atoms with Crippen LogP contribution in [0.25, 0.3) is 0 Å². The molecule has 0 aliphatic carbocycles. The minimum Gasteiger partial charge on any atom is -0.411 e. The number of pyridine rings is 1. The quantitative estimate of drug-likeness (QED) is 0.373. The lowest BCUT2D eigenvalue weighted by atomic mass is 9.85. The van der Waals surface area contributed by atoms with Gasteiger partial charge in [-0.25, -0.2) is 0 Å². The van der Waals surface area contributed by atoms with E-state index in [1.165, 1.54) is 11.1 Å². The first-order valence-corrected chi connectivity index (χ1v) is 8.49. The van der Waals surface area contributed by atoms with Gasteiger partial charge in [-0.2, -0.15) is 0 Å². The van der Waals surface area contributed by atoms with Crippen molar-refractivity contribution in [1.82, 2.24) is 4.98 Å². The topological polar surface area (TPSA) is 45.5 Å². The summed E-state index contributed by atoms with van der Waals surface area (Å²) in [5.74, 6) is 0.0998. The average molecular weight is 381 g/mol. The van der Waals surface area contributed by atoms with Gasteiger partial charge in [-0.1, -0.05) is 63.6 Å². The largest absolute Gasteiger partial charge is 0.411 e. The van der Waals surface area contributed by atoms with Crippen LogP contribution in [0.1, 0.15) is 29.0 Å². The first-order chi connectivity index (χ1) is 11.8. The van der Waals surface area contributed by atoms with Crippen molar-refractivity contribution in [1.29, 1.82) is 0 Å². The molecule has 3 rings (SSSR count). The lowest BCUT2D eigenvalue weighted by molar-refractivity contribution is 0.317. The second-order valence-electron chi connectivity index (χ2n) is 5.50. The van der Waals surface area contributed by atoms with Gasteiger partial charge in [0.25, 0.3) is 0 Å². The predicted molar refractivity (Wildman–Crippen MR) is 99.6 cm³/mol. The van der Waals surface area contributed by atoms with Crippen LogP contribution in [0.15, 0.2) is 88.8 Å². The summed E-state index contributed by atoms with van der Waals surface area (Å²) in [6.45, 7) is 0. The zero-order chi connectivity index (χ0) is 16.8. The van der Waals surface area contributed by atoms with E-state index in [1.54, 1.807) is 12.4 Å². The second-order valence-corrected chi connectivity index (χ2v) is 6.42. The summed E-state index contributed by atoms with van der Waals surface area (Å²) in [5.41, 5.74) is 3.88. The summed E-state index contributed by atoms with van der Waals surface area (Å²) < 4.78 is 1.03. The highest BCUT2D eigenvalue weighted by Crippen LogP contribution is 2.31. The summed E-state index contributed by atoms with van der Waals surface area (Å²) in [6, 6.07) is 22.2. The summed E-state index contributed by atoms with van der Waals surface area (Å²) in [4.78, 5) is 4.03. The second kappa shape index (κ2) is 7.88. The molecule has 0 amide bonds. The normalized spacial score (nSPS) is 12.8. The van der Waals surface area contributed by atoms with Crippen LogP contribution in [0.2, 0.25) is 0 Å². The van der Waals surface area contributed by atoms with Gasteiger partial charge >= 0.3 is 0 Å². The highest BCUT2D eigenvalue weighted by molar-refractivity contribution is 9.10. The maximum Gasteiger partial charge on any atom is 0.0878 e. The Morgan fingerprint density at radius 1 is 0.958 bits per heavy atom. The molecule has 0 aliphatic rings. The number of oxime groups is 1. The monoisotopic (exact) mass is 380 g/mol. The van der Waals surface area contributed by atoms with E-state index in [0.717, 1.165) is 10.0 Å². The molecule has 0 radical (unpaired) electrons. The standard InChI is InChI=1S/C20H17BrN2O/c21-18-8-4-7-17(13-18)19(15-5-2-1-3-6-15)14-20(23-24)16-9-11-22-12-10-16/h1-13,19,24H,14H2/b23-20+. The van der Waals surface area contributed by atoms with E-state index in [-0.39, 0.29) is 5.92 Å². The van der Waals surface area contributed by atoms with E-state index < -0.39 is 0 Å². The van der Waals surface area contributed by atoms with E-state index in [4.69, 9.17) is 0 Å².